The Morgan fingerprint density at radius 3 is 2.11 bits per heavy atom. The van der Waals surface area contributed by atoms with Crippen LogP contribution in [0.25, 0.3) is 11.0 Å². The van der Waals surface area contributed by atoms with Gasteiger partial charge in [0.05, 0.1) is 11.9 Å². The lowest BCUT2D eigenvalue weighted by atomic mass is 10.1. The van der Waals surface area contributed by atoms with E-state index < -0.39 is 17.9 Å². The molecule has 0 spiro atoms. The van der Waals surface area contributed by atoms with Gasteiger partial charge in [0.15, 0.2) is 0 Å². The van der Waals surface area contributed by atoms with E-state index in [-0.39, 0.29) is 22.9 Å². The van der Waals surface area contributed by atoms with Crippen molar-refractivity contribution >= 4 is 28.9 Å². The predicted octanol–water partition coefficient (Wildman–Crippen LogP) is 4.52. The fourth-order valence-corrected chi connectivity index (χ4v) is 10.8. The minimum atomic E-state index is -3.67. The smallest absolute Gasteiger partial charge is 0.256 e. The lowest BCUT2D eigenvalue weighted by Crippen LogP contribution is -2.43. The molecule has 0 saturated heterocycles. The molecule has 0 radical (unpaired) electrons. The fourth-order valence-electron chi connectivity index (χ4n) is 5.11. The van der Waals surface area contributed by atoms with E-state index in [0.29, 0.717) is 33.1 Å². The van der Waals surface area contributed by atoms with Gasteiger partial charge in [-0.3, -0.25) is 14.3 Å². The van der Waals surface area contributed by atoms with Crippen molar-refractivity contribution in [2.75, 3.05) is 6.26 Å². The molecule has 0 saturated carbocycles. The molecule has 186 valence electrons. The molecular formula is C26H34N4O3SSi. The largest absolute Gasteiger partial charge is 0.288 e. The highest BCUT2D eigenvalue weighted by molar-refractivity contribution is 7.90. The van der Waals surface area contributed by atoms with Crippen molar-refractivity contribution in [2.45, 2.75) is 76.8 Å². The van der Waals surface area contributed by atoms with Crippen LogP contribution in [0.15, 0.2) is 40.7 Å². The predicted molar refractivity (Wildman–Crippen MR) is 143 cm³/mol. The summed E-state index contributed by atoms with van der Waals surface area (Å²) < 4.78 is 25.9. The summed E-state index contributed by atoms with van der Waals surface area (Å²) in [5, 5.41) is 0.265. The Morgan fingerprint density at radius 2 is 1.60 bits per heavy atom. The number of hydrogen-bond acceptors (Lipinski definition) is 6. The molecule has 0 aliphatic carbocycles. The van der Waals surface area contributed by atoms with E-state index in [4.69, 9.17) is 0 Å². The van der Waals surface area contributed by atoms with E-state index in [2.05, 4.69) is 68.0 Å². The number of fused-ring (bicyclic) bond motifs is 1. The van der Waals surface area contributed by atoms with Crippen molar-refractivity contribution in [2.24, 2.45) is 0 Å². The maximum absolute atomic E-state index is 13.6. The Labute approximate surface area is 209 Å². The Morgan fingerprint density at radius 1 is 1.03 bits per heavy atom. The molecule has 3 heterocycles. The molecule has 7 nitrogen and oxygen atoms in total. The molecule has 0 aromatic carbocycles. The highest BCUT2D eigenvalue weighted by Crippen LogP contribution is 2.41. The summed E-state index contributed by atoms with van der Waals surface area (Å²) in [5.41, 5.74) is 6.94. The first-order valence-electron chi connectivity index (χ1n) is 11.8. The summed E-state index contributed by atoms with van der Waals surface area (Å²) in [7, 11) is -5.73. The Balaban J connectivity index is 2.39. The van der Waals surface area contributed by atoms with Gasteiger partial charge < -0.3 is 0 Å². The second-order valence-corrected chi connectivity index (χ2v) is 17.5. The van der Waals surface area contributed by atoms with E-state index in [9.17, 15) is 13.2 Å². The van der Waals surface area contributed by atoms with Crippen LogP contribution in [-0.2, 0) is 16.4 Å². The molecular weight excluding hydrogens is 476 g/mol. The van der Waals surface area contributed by atoms with Crippen LogP contribution in [-0.4, -0.2) is 42.3 Å². The maximum Gasteiger partial charge on any atom is 0.256 e. The van der Waals surface area contributed by atoms with Crippen LogP contribution in [0.5, 0.6) is 0 Å². The monoisotopic (exact) mass is 510 g/mol. The Kier molecular flexibility index (Phi) is 7.67. The topological polar surface area (TPSA) is 94.8 Å². The Hall–Kier alpha value is -2.83. The van der Waals surface area contributed by atoms with Crippen molar-refractivity contribution in [1.82, 2.24) is 19.5 Å². The number of pyridine rings is 2. The highest BCUT2D eigenvalue weighted by atomic mass is 32.2. The fraction of sp³-hybridized carbons (Fsp3) is 0.462. The van der Waals surface area contributed by atoms with Crippen LogP contribution in [0.1, 0.15) is 58.2 Å². The van der Waals surface area contributed by atoms with Crippen molar-refractivity contribution in [3.63, 3.8) is 0 Å². The SMILES string of the molecule is Cc1c(C#C[Si](C(C)C)(C(C)C)C(C)C)c2cnc(S(C)(=O)=O)nc2n(Cc2ccncc2)c1=O. The summed E-state index contributed by atoms with van der Waals surface area (Å²) in [6.45, 7) is 15.4. The quantitative estimate of drug-likeness (QED) is 0.275. The normalized spacial score (nSPS) is 12.4. The molecule has 0 fully saturated rings. The number of rotatable bonds is 6. The molecule has 3 aromatic heterocycles. The van der Waals surface area contributed by atoms with Gasteiger partial charge in [0.25, 0.3) is 5.56 Å². The molecule has 0 N–H and O–H groups in total. The lowest BCUT2D eigenvalue weighted by molar-refractivity contribution is 0.593. The van der Waals surface area contributed by atoms with Gasteiger partial charge in [0.1, 0.15) is 13.7 Å². The van der Waals surface area contributed by atoms with Crippen LogP contribution in [0, 0.1) is 18.4 Å². The third kappa shape index (κ3) is 5.09. The first-order valence-corrected chi connectivity index (χ1v) is 15.9. The molecule has 0 unspecified atom stereocenters. The number of sulfone groups is 1. The lowest BCUT2D eigenvalue weighted by Gasteiger charge is -2.38. The van der Waals surface area contributed by atoms with Crippen LogP contribution >= 0.6 is 0 Å². The van der Waals surface area contributed by atoms with Crippen molar-refractivity contribution in [3.05, 3.63) is 57.8 Å². The highest BCUT2D eigenvalue weighted by Gasteiger charge is 2.41. The van der Waals surface area contributed by atoms with Crippen LogP contribution < -0.4 is 5.56 Å². The molecule has 35 heavy (non-hydrogen) atoms. The van der Waals surface area contributed by atoms with Gasteiger partial charge in [0, 0.05) is 36.0 Å². The zero-order valence-corrected chi connectivity index (χ0v) is 23.6. The van der Waals surface area contributed by atoms with Crippen molar-refractivity contribution < 1.29 is 8.42 Å². The molecule has 3 aromatic rings. The first-order chi connectivity index (χ1) is 16.3. The molecule has 0 bridgehead atoms. The van der Waals surface area contributed by atoms with E-state index in [1.165, 1.54) is 10.8 Å². The van der Waals surface area contributed by atoms with E-state index in [1.807, 2.05) is 12.1 Å². The van der Waals surface area contributed by atoms with E-state index >= 15 is 0 Å². The van der Waals surface area contributed by atoms with Gasteiger partial charge in [-0.15, -0.1) is 5.54 Å². The van der Waals surface area contributed by atoms with Crippen LogP contribution in [0.2, 0.25) is 16.6 Å². The molecule has 0 aliphatic rings. The average Bonchev–Trinajstić information content (AvgIpc) is 2.78. The average molecular weight is 511 g/mol. The van der Waals surface area contributed by atoms with Gasteiger partial charge in [-0.1, -0.05) is 47.5 Å². The minimum absolute atomic E-state index is 0.231. The van der Waals surface area contributed by atoms with Crippen LogP contribution in [0.4, 0.5) is 0 Å². The summed E-state index contributed by atoms with van der Waals surface area (Å²) in [5.74, 6) is 3.39. The zero-order valence-electron chi connectivity index (χ0n) is 21.7. The molecule has 3 rings (SSSR count). The van der Waals surface area contributed by atoms with E-state index in [0.717, 1.165) is 11.8 Å². The number of aromatic nitrogens is 4. The third-order valence-electron chi connectivity index (χ3n) is 6.90. The van der Waals surface area contributed by atoms with Gasteiger partial charge in [-0.05, 0) is 41.2 Å². The standard InChI is InChI=1S/C26H34N4O3SSi/c1-17(2)35(18(3)4,19(5)6)14-11-22-20(7)25(31)30(16-21-9-12-27-13-10-21)24-23(22)15-28-26(29-24)34(8,32)33/h9-10,12-13,15,17-19H,16H2,1-8H3. The summed E-state index contributed by atoms with van der Waals surface area (Å²) in [4.78, 5) is 26.1. The van der Waals surface area contributed by atoms with Gasteiger partial charge >= 0.3 is 0 Å². The first kappa shape index (κ1) is 26.8. The second kappa shape index (κ2) is 10.0. The van der Waals surface area contributed by atoms with Gasteiger partial charge in [0.2, 0.25) is 15.0 Å². The van der Waals surface area contributed by atoms with Crippen LogP contribution in [0.3, 0.4) is 0 Å². The molecule has 9 heteroatoms. The maximum atomic E-state index is 13.6. The number of nitrogens with zero attached hydrogens (tertiary/aromatic N) is 4. The molecule has 0 aliphatic heterocycles. The number of hydrogen-bond donors (Lipinski definition) is 0. The summed E-state index contributed by atoms with van der Waals surface area (Å²) in [6.07, 6.45) is 5.85. The third-order valence-corrected chi connectivity index (χ3v) is 14.1. The van der Waals surface area contributed by atoms with Gasteiger partial charge in [-0.2, -0.15) is 4.98 Å². The van der Waals surface area contributed by atoms with Crippen molar-refractivity contribution in [1.29, 1.82) is 0 Å². The Bertz CT molecular complexity index is 1450. The second-order valence-electron chi connectivity index (χ2n) is 10.1. The minimum Gasteiger partial charge on any atom is -0.288 e. The summed E-state index contributed by atoms with van der Waals surface area (Å²) in [6, 6.07) is 3.63. The summed E-state index contributed by atoms with van der Waals surface area (Å²) >= 11 is 0. The zero-order chi connectivity index (χ0) is 26.1. The molecule has 0 atom stereocenters. The van der Waals surface area contributed by atoms with Crippen molar-refractivity contribution in [3.8, 4) is 11.5 Å². The molecule has 0 amide bonds. The van der Waals surface area contributed by atoms with Gasteiger partial charge in [-0.25, -0.2) is 13.4 Å². The van der Waals surface area contributed by atoms with E-state index in [1.54, 1.807) is 19.3 Å².